The van der Waals surface area contributed by atoms with Gasteiger partial charge in [0.1, 0.15) is 17.0 Å². The summed E-state index contributed by atoms with van der Waals surface area (Å²) in [6.45, 7) is 3.55. The molecule has 1 amide bonds. The first-order valence-electron chi connectivity index (χ1n) is 13.3. The van der Waals surface area contributed by atoms with Gasteiger partial charge in [-0.25, -0.2) is 0 Å². The van der Waals surface area contributed by atoms with Crippen molar-refractivity contribution in [3.8, 4) is 11.5 Å². The molecule has 2 aliphatic heterocycles. The Bertz CT molecular complexity index is 1440. The van der Waals surface area contributed by atoms with Crippen molar-refractivity contribution in [2.24, 2.45) is 17.4 Å². The van der Waals surface area contributed by atoms with E-state index in [-0.39, 0.29) is 17.6 Å². The van der Waals surface area contributed by atoms with Crippen molar-refractivity contribution < 1.29 is 14.3 Å². The Morgan fingerprint density at radius 1 is 1.05 bits per heavy atom. The zero-order valence-electron chi connectivity index (χ0n) is 21.8. The molecule has 3 aromatic carbocycles. The zero-order valence-corrected chi connectivity index (χ0v) is 22.6. The maximum atomic E-state index is 14.1. The number of anilines is 1. The number of benzene rings is 3. The standard InChI is InChI=1S/C30H33N5O3S/c1-16-15-19(38-18-5-3-2-4-6-18)7-8-20(16)30(33)21-9-10-22(31)26-23(21)24(25(32)27(30)36)29(39-26)35-28(37)17-11-13-34-14-12-17/h2-10,15,17,24-25,29,34H,11-14,31-33H2,1H3,(H,35,37). The topological polar surface area (TPSA) is 145 Å². The van der Waals surface area contributed by atoms with Gasteiger partial charge in [-0.1, -0.05) is 42.1 Å². The SMILES string of the molecule is Cc1cc(Oc2ccccc2)ccc1C1(N)C(=O)C(N)C2c3c1ccc(N)c3SC2NC(=O)C1CCNCC1. The molecule has 3 aliphatic rings. The van der Waals surface area contributed by atoms with E-state index in [1.165, 1.54) is 11.8 Å². The van der Waals surface area contributed by atoms with E-state index < -0.39 is 22.9 Å². The average Bonchev–Trinajstić information content (AvgIpc) is 3.32. The van der Waals surface area contributed by atoms with E-state index in [0.717, 1.165) is 47.7 Å². The van der Waals surface area contributed by atoms with Gasteiger partial charge in [0, 0.05) is 22.4 Å². The summed E-state index contributed by atoms with van der Waals surface area (Å²) in [5.74, 6) is 0.609. The lowest BCUT2D eigenvalue weighted by atomic mass is 9.65. The number of ketones is 1. The molecule has 6 rings (SSSR count). The second-order valence-electron chi connectivity index (χ2n) is 10.6. The van der Waals surface area contributed by atoms with Crippen molar-refractivity contribution in [3.05, 3.63) is 82.9 Å². The first-order chi connectivity index (χ1) is 18.8. The van der Waals surface area contributed by atoms with E-state index in [4.69, 9.17) is 21.9 Å². The van der Waals surface area contributed by atoms with Crippen molar-refractivity contribution in [1.82, 2.24) is 10.6 Å². The molecule has 0 bridgehead atoms. The number of amides is 1. The number of ether oxygens (including phenoxy) is 1. The van der Waals surface area contributed by atoms with Crippen LogP contribution in [0.3, 0.4) is 0 Å². The molecule has 0 aromatic heterocycles. The van der Waals surface area contributed by atoms with Gasteiger partial charge in [0.2, 0.25) is 5.91 Å². The largest absolute Gasteiger partial charge is 0.457 e. The predicted octanol–water partition coefficient (Wildman–Crippen LogP) is 3.11. The van der Waals surface area contributed by atoms with Crippen LogP contribution in [0.25, 0.3) is 0 Å². The number of hydrogen-bond donors (Lipinski definition) is 5. The lowest BCUT2D eigenvalue weighted by Gasteiger charge is -2.42. The number of thioether (sulfide) groups is 1. The molecule has 8 nitrogen and oxygen atoms in total. The van der Waals surface area contributed by atoms with E-state index in [9.17, 15) is 9.59 Å². The van der Waals surface area contributed by atoms with E-state index in [1.54, 1.807) is 6.07 Å². The van der Waals surface area contributed by atoms with E-state index in [1.807, 2.05) is 61.5 Å². The average molecular weight is 544 g/mol. The highest BCUT2D eigenvalue weighted by molar-refractivity contribution is 8.00. The fourth-order valence-electron chi connectivity index (χ4n) is 6.21. The Labute approximate surface area is 232 Å². The maximum absolute atomic E-state index is 14.1. The fraction of sp³-hybridized carbons (Fsp3) is 0.333. The number of rotatable bonds is 5. The lowest BCUT2D eigenvalue weighted by molar-refractivity contribution is -0.128. The molecule has 4 atom stereocenters. The van der Waals surface area contributed by atoms with Crippen LogP contribution in [0.15, 0.2) is 65.6 Å². The number of nitrogens with two attached hydrogens (primary N) is 3. The smallest absolute Gasteiger partial charge is 0.224 e. The highest BCUT2D eigenvalue weighted by Crippen LogP contribution is 2.56. The van der Waals surface area contributed by atoms with Crippen molar-refractivity contribution in [2.75, 3.05) is 18.8 Å². The molecule has 0 spiro atoms. The number of carbonyl (C=O) groups excluding carboxylic acids is 2. The van der Waals surface area contributed by atoms with Crippen LogP contribution in [0.2, 0.25) is 0 Å². The van der Waals surface area contributed by atoms with Crippen LogP contribution in [0.5, 0.6) is 11.5 Å². The molecule has 1 aliphatic carbocycles. The highest BCUT2D eigenvalue weighted by atomic mass is 32.2. The monoisotopic (exact) mass is 543 g/mol. The van der Waals surface area contributed by atoms with Crippen LogP contribution < -0.4 is 32.6 Å². The summed E-state index contributed by atoms with van der Waals surface area (Å²) < 4.78 is 6.00. The van der Waals surface area contributed by atoms with Gasteiger partial charge < -0.3 is 32.6 Å². The number of carbonyl (C=O) groups is 2. The first-order valence-corrected chi connectivity index (χ1v) is 14.2. The number of Topliss-reactive ketones (excluding diaryl/α,β-unsaturated/α-hetero) is 1. The number of aryl methyl sites for hydroxylation is 1. The van der Waals surface area contributed by atoms with Gasteiger partial charge in [-0.3, -0.25) is 9.59 Å². The molecule has 1 fully saturated rings. The highest BCUT2D eigenvalue weighted by Gasteiger charge is 2.56. The van der Waals surface area contributed by atoms with Crippen LogP contribution in [0, 0.1) is 12.8 Å². The summed E-state index contributed by atoms with van der Waals surface area (Å²) in [7, 11) is 0. The molecule has 0 radical (unpaired) electrons. The van der Waals surface area contributed by atoms with Gasteiger partial charge in [0.25, 0.3) is 0 Å². The Balaban J connectivity index is 1.36. The summed E-state index contributed by atoms with van der Waals surface area (Å²) >= 11 is 1.47. The molecule has 3 aromatic rings. The minimum absolute atomic E-state index is 0.00369. The van der Waals surface area contributed by atoms with Crippen molar-refractivity contribution in [3.63, 3.8) is 0 Å². The zero-order chi connectivity index (χ0) is 27.3. The Kier molecular flexibility index (Phi) is 6.63. The number of hydrogen-bond acceptors (Lipinski definition) is 8. The van der Waals surface area contributed by atoms with Gasteiger partial charge >= 0.3 is 0 Å². The summed E-state index contributed by atoms with van der Waals surface area (Å²) in [5.41, 5.74) is 22.4. The molecule has 9 heteroatoms. The Morgan fingerprint density at radius 2 is 1.77 bits per heavy atom. The van der Waals surface area contributed by atoms with Gasteiger partial charge in [0.05, 0.1) is 11.4 Å². The van der Waals surface area contributed by atoms with E-state index in [0.29, 0.717) is 22.6 Å². The molecule has 8 N–H and O–H groups in total. The number of para-hydroxylation sites is 1. The van der Waals surface area contributed by atoms with E-state index >= 15 is 0 Å². The summed E-state index contributed by atoms with van der Waals surface area (Å²) in [5, 5.41) is 6.10. The number of piperidine rings is 1. The van der Waals surface area contributed by atoms with Crippen LogP contribution in [-0.2, 0) is 15.1 Å². The van der Waals surface area contributed by atoms with Gasteiger partial charge in [-0.2, -0.15) is 0 Å². The molecule has 39 heavy (non-hydrogen) atoms. The Morgan fingerprint density at radius 3 is 2.49 bits per heavy atom. The number of nitrogens with one attached hydrogen (secondary N) is 2. The molecule has 0 saturated carbocycles. The van der Waals surface area contributed by atoms with Crippen LogP contribution in [0.4, 0.5) is 5.69 Å². The van der Waals surface area contributed by atoms with Gasteiger partial charge in [-0.15, -0.1) is 0 Å². The van der Waals surface area contributed by atoms with Crippen LogP contribution >= 0.6 is 11.8 Å². The lowest BCUT2D eigenvalue weighted by Crippen LogP contribution is -2.61. The van der Waals surface area contributed by atoms with Crippen LogP contribution in [0.1, 0.15) is 41.0 Å². The van der Waals surface area contributed by atoms with Crippen molar-refractivity contribution in [2.45, 2.75) is 47.5 Å². The quantitative estimate of drug-likeness (QED) is 0.309. The maximum Gasteiger partial charge on any atom is 0.224 e. The minimum Gasteiger partial charge on any atom is -0.457 e. The minimum atomic E-state index is -1.46. The number of nitrogen functional groups attached to an aromatic ring is 1. The first kappa shape index (κ1) is 25.9. The normalized spacial score (nSPS) is 26.2. The second kappa shape index (κ2) is 9.98. The molecular formula is C30H33N5O3S. The summed E-state index contributed by atoms with van der Waals surface area (Å²) in [6, 6.07) is 17.8. The molecule has 1 saturated heterocycles. The third kappa shape index (κ3) is 4.30. The molecule has 4 unspecified atom stereocenters. The summed E-state index contributed by atoms with van der Waals surface area (Å²) in [6.07, 6.45) is 1.57. The predicted molar refractivity (Wildman–Crippen MR) is 153 cm³/mol. The molecule has 202 valence electrons. The Hall–Kier alpha value is -3.37. The second-order valence-corrected chi connectivity index (χ2v) is 11.8. The fourth-order valence-corrected chi connectivity index (χ4v) is 7.67. The summed E-state index contributed by atoms with van der Waals surface area (Å²) in [4.78, 5) is 28.1. The van der Waals surface area contributed by atoms with Gasteiger partial charge in [0.15, 0.2) is 5.78 Å². The van der Waals surface area contributed by atoms with Crippen molar-refractivity contribution >= 4 is 29.1 Å². The third-order valence-electron chi connectivity index (χ3n) is 8.23. The van der Waals surface area contributed by atoms with Crippen LogP contribution in [-0.4, -0.2) is 36.2 Å². The van der Waals surface area contributed by atoms with Crippen molar-refractivity contribution in [1.29, 1.82) is 0 Å². The molecular weight excluding hydrogens is 510 g/mol. The van der Waals surface area contributed by atoms with Gasteiger partial charge in [-0.05, 0) is 85.4 Å². The van der Waals surface area contributed by atoms with E-state index in [2.05, 4.69) is 10.6 Å². The molecule has 2 heterocycles. The third-order valence-corrected chi connectivity index (χ3v) is 9.59.